The Morgan fingerprint density at radius 2 is 2.00 bits per heavy atom. The normalized spacial score (nSPS) is 22.0. The SMILES string of the molecule is COCC(=O)N1CC(C(=O)NCCCN2CCCC2=O)CC(c2ccccc2)C1. The van der Waals surface area contributed by atoms with Crippen molar-refractivity contribution >= 4 is 17.7 Å². The van der Waals surface area contributed by atoms with Crippen LogP contribution in [0, 0.1) is 5.92 Å². The van der Waals surface area contributed by atoms with Crippen LogP contribution in [0.2, 0.25) is 0 Å². The molecular formula is C22H31N3O4. The van der Waals surface area contributed by atoms with Gasteiger partial charge in [0.15, 0.2) is 0 Å². The van der Waals surface area contributed by atoms with Crippen LogP contribution < -0.4 is 5.32 Å². The number of hydrogen-bond donors (Lipinski definition) is 1. The predicted octanol–water partition coefficient (Wildman–Crippen LogP) is 1.39. The van der Waals surface area contributed by atoms with E-state index in [0.717, 1.165) is 31.4 Å². The number of rotatable bonds is 8. The smallest absolute Gasteiger partial charge is 0.248 e. The average Bonchev–Trinajstić information content (AvgIpc) is 3.16. The molecule has 2 aliphatic heterocycles. The van der Waals surface area contributed by atoms with Crippen molar-refractivity contribution in [1.29, 1.82) is 0 Å². The highest BCUT2D eigenvalue weighted by Gasteiger charge is 2.34. The van der Waals surface area contributed by atoms with Crippen molar-refractivity contribution in [2.24, 2.45) is 5.92 Å². The Morgan fingerprint density at radius 3 is 2.69 bits per heavy atom. The third-order valence-corrected chi connectivity index (χ3v) is 5.79. The van der Waals surface area contributed by atoms with Gasteiger partial charge in [0.1, 0.15) is 6.61 Å². The number of hydrogen-bond acceptors (Lipinski definition) is 4. The molecule has 1 aromatic carbocycles. The molecule has 2 saturated heterocycles. The van der Waals surface area contributed by atoms with Gasteiger partial charge in [-0.15, -0.1) is 0 Å². The van der Waals surface area contributed by atoms with Gasteiger partial charge in [-0.1, -0.05) is 30.3 Å². The molecule has 29 heavy (non-hydrogen) atoms. The molecule has 158 valence electrons. The van der Waals surface area contributed by atoms with Crippen molar-refractivity contribution in [3.63, 3.8) is 0 Å². The second-order valence-corrected chi connectivity index (χ2v) is 7.90. The Hall–Kier alpha value is -2.41. The fraction of sp³-hybridized carbons (Fsp3) is 0.591. The summed E-state index contributed by atoms with van der Waals surface area (Å²) < 4.78 is 5.01. The molecule has 1 N–H and O–H groups in total. The third kappa shape index (κ3) is 5.79. The third-order valence-electron chi connectivity index (χ3n) is 5.79. The van der Waals surface area contributed by atoms with Crippen molar-refractivity contribution in [3.05, 3.63) is 35.9 Å². The van der Waals surface area contributed by atoms with E-state index in [1.54, 1.807) is 4.90 Å². The molecule has 0 aromatic heterocycles. The lowest BCUT2D eigenvalue weighted by Crippen LogP contribution is -2.49. The number of nitrogens with one attached hydrogen (secondary N) is 1. The van der Waals surface area contributed by atoms with Crippen LogP contribution in [0.3, 0.4) is 0 Å². The first-order chi connectivity index (χ1) is 14.1. The first kappa shape index (κ1) is 21.3. The highest BCUT2D eigenvalue weighted by molar-refractivity contribution is 5.82. The van der Waals surface area contributed by atoms with Gasteiger partial charge < -0.3 is 19.9 Å². The van der Waals surface area contributed by atoms with Crippen LogP contribution in [-0.4, -0.2) is 74.0 Å². The van der Waals surface area contributed by atoms with Crippen LogP contribution >= 0.6 is 0 Å². The molecule has 0 bridgehead atoms. The quantitative estimate of drug-likeness (QED) is 0.668. The van der Waals surface area contributed by atoms with Crippen molar-refractivity contribution in [1.82, 2.24) is 15.1 Å². The molecule has 7 heteroatoms. The van der Waals surface area contributed by atoms with E-state index in [9.17, 15) is 14.4 Å². The summed E-state index contributed by atoms with van der Waals surface area (Å²) >= 11 is 0. The molecule has 2 fully saturated rings. The highest BCUT2D eigenvalue weighted by Crippen LogP contribution is 2.30. The Morgan fingerprint density at radius 1 is 1.21 bits per heavy atom. The number of carbonyl (C=O) groups is 3. The fourth-order valence-corrected chi connectivity index (χ4v) is 4.24. The molecule has 0 saturated carbocycles. The summed E-state index contributed by atoms with van der Waals surface area (Å²) in [7, 11) is 1.51. The van der Waals surface area contributed by atoms with E-state index >= 15 is 0 Å². The van der Waals surface area contributed by atoms with Crippen molar-refractivity contribution in [2.75, 3.05) is 46.4 Å². The van der Waals surface area contributed by atoms with Crippen LogP contribution in [0.25, 0.3) is 0 Å². The number of methoxy groups -OCH3 is 1. The van der Waals surface area contributed by atoms with Crippen molar-refractivity contribution in [3.8, 4) is 0 Å². The predicted molar refractivity (Wildman–Crippen MR) is 109 cm³/mol. The Labute approximate surface area is 172 Å². The maximum Gasteiger partial charge on any atom is 0.248 e. The lowest BCUT2D eigenvalue weighted by atomic mass is 9.84. The molecule has 2 aliphatic rings. The summed E-state index contributed by atoms with van der Waals surface area (Å²) in [5.41, 5.74) is 1.15. The summed E-state index contributed by atoms with van der Waals surface area (Å²) in [4.78, 5) is 40.5. The number of piperidine rings is 1. The van der Waals surface area contributed by atoms with E-state index in [4.69, 9.17) is 4.74 Å². The summed E-state index contributed by atoms with van der Waals surface area (Å²) in [5, 5.41) is 3.01. The van der Waals surface area contributed by atoms with E-state index < -0.39 is 0 Å². The summed E-state index contributed by atoms with van der Waals surface area (Å²) in [6.07, 6.45) is 3.04. The number of nitrogens with zero attached hydrogens (tertiary/aromatic N) is 2. The van der Waals surface area contributed by atoms with Gasteiger partial charge in [-0.05, 0) is 24.8 Å². The molecule has 1 aromatic rings. The zero-order valence-corrected chi connectivity index (χ0v) is 17.1. The number of ether oxygens (including phenoxy) is 1. The standard InChI is InChI=1S/C22H31N3O4/c1-29-16-21(27)25-14-18(17-7-3-2-4-8-17)13-19(15-25)22(28)23-10-6-12-24-11-5-9-20(24)26/h2-4,7-8,18-19H,5-6,9-16H2,1H3,(H,23,28). The zero-order chi connectivity index (χ0) is 20.6. The number of likely N-dealkylation sites (tertiary alicyclic amines) is 2. The minimum atomic E-state index is -0.247. The lowest BCUT2D eigenvalue weighted by molar-refractivity contribution is -0.139. The van der Waals surface area contributed by atoms with Crippen LogP contribution in [0.4, 0.5) is 0 Å². The van der Waals surface area contributed by atoms with Crippen LogP contribution in [0.1, 0.15) is 37.2 Å². The van der Waals surface area contributed by atoms with E-state index in [0.29, 0.717) is 32.6 Å². The molecule has 2 atom stereocenters. The maximum atomic E-state index is 12.8. The van der Waals surface area contributed by atoms with E-state index in [1.807, 2.05) is 23.1 Å². The Kier molecular flexibility index (Phi) is 7.63. The minimum absolute atomic E-state index is 0.0198. The van der Waals surface area contributed by atoms with Crippen LogP contribution in [-0.2, 0) is 19.1 Å². The monoisotopic (exact) mass is 401 g/mol. The topological polar surface area (TPSA) is 79.0 Å². The highest BCUT2D eigenvalue weighted by atomic mass is 16.5. The van der Waals surface area contributed by atoms with Crippen molar-refractivity contribution in [2.45, 2.75) is 31.6 Å². The number of amides is 3. The van der Waals surface area contributed by atoms with Gasteiger partial charge in [-0.2, -0.15) is 0 Å². The molecule has 0 aliphatic carbocycles. The molecule has 2 unspecified atom stereocenters. The summed E-state index contributed by atoms with van der Waals surface area (Å²) in [6, 6.07) is 10.0. The second kappa shape index (κ2) is 10.4. The van der Waals surface area contributed by atoms with Gasteiger partial charge in [0.05, 0.1) is 5.92 Å². The van der Waals surface area contributed by atoms with Gasteiger partial charge in [-0.3, -0.25) is 14.4 Å². The largest absolute Gasteiger partial charge is 0.375 e. The van der Waals surface area contributed by atoms with Gasteiger partial charge in [-0.25, -0.2) is 0 Å². The molecular weight excluding hydrogens is 370 g/mol. The lowest BCUT2D eigenvalue weighted by Gasteiger charge is -2.37. The fourth-order valence-electron chi connectivity index (χ4n) is 4.24. The summed E-state index contributed by atoms with van der Waals surface area (Å²) in [6.45, 7) is 3.11. The van der Waals surface area contributed by atoms with Gasteiger partial charge in [0.2, 0.25) is 17.7 Å². The van der Waals surface area contributed by atoms with E-state index in [1.165, 1.54) is 7.11 Å². The Balaban J connectivity index is 1.55. The average molecular weight is 402 g/mol. The molecule has 0 radical (unpaired) electrons. The second-order valence-electron chi connectivity index (χ2n) is 7.90. The van der Waals surface area contributed by atoms with E-state index in [2.05, 4.69) is 17.4 Å². The molecule has 3 rings (SSSR count). The van der Waals surface area contributed by atoms with Crippen LogP contribution in [0.15, 0.2) is 30.3 Å². The minimum Gasteiger partial charge on any atom is -0.375 e. The Bertz CT molecular complexity index is 709. The number of carbonyl (C=O) groups excluding carboxylic acids is 3. The molecule has 0 spiro atoms. The number of benzene rings is 1. The van der Waals surface area contributed by atoms with Gasteiger partial charge >= 0.3 is 0 Å². The molecule has 3 amide bonds. The van der Waals surface area contributed by atoms with E-state index in [-0.39, 0.29) is 36.2 Å². The van der Waals surface area contributed by atoms with Gasteiger partial charge in [0, 0.05) is 52.2 Å². The van der Waals surface area contributed by atoms with Crippen LogP contribution in [0.5, 0.6) is 0 Å². The first-order valence-electron chi connectivity index (χ1n) is 10.5. The maximum absolute atomic E-state index is 12.8. The summed E-state index contributed by atoms with van der Waals surface area (Å²) in [5.74, 6) is -0.0133. The first-order valence-corrected chi connectivity index (χ1v) is 10.5. The van der Waals surface area contributed by atoms with Crippen molar-refractivity contribution < 1.29 is 19.1 Å². The molecule has 7 nitrogen and oxygen atoms in total. The molecule has 2 heterocycles. The van der Waals surface area contributed by atoms with Gasteiger partial charge in [0.25, 0.3) is 0 Å². The zero-order valence-electron chi connectivity index (χ0n) is 17.1.